The Kier molecular flexibility index (Phi) is 5.37. The van der Waals surface area contributed by atoms with Crippen LogP contribution in [-0.4, -0.2) is 54.8 Å². The molecular weight excluding hydrogens is 278 g/mol. The highest BCUT2D eigenvalue weighted by Crippen LogP contribution is 2.20. The van der Waals surface area contributed by atoms with E-state index in [4.69, 9.17) is 16.3 Å². The third kappa shape index (κ3) is 3.70. The molecule has 0 bridgehead atoms. The van der Waals surface area contributed by atoms with Crippen LogP contribution in [0.5, 0.6) is 0 Å². The Balaban J connectivity index is 2.19. The van der Waals surface area contributed by atoms with Crippen molar-refractivity contribution in [1.29, 1.82) is 0 Å². The summed E-state index contributed by atoms with van der Waals surface area (Å²) in [5.41, 5.74) is 0. The molecule has 1 aromatic heterocycles. The molecule has 112 valence electrons. The normalized spacial score (nSPS) is 17.1. The first-order valence-corrected chi connectivity index (χ1v) is 7.38. The van der Waals surface area contributed by atoms with Gasteiger partial charge in [-0.1, -0.05) is 0 Å². The van der Waals surface area contributed by atoms with Crippen molar-refractivity contribution in [3.63, 3.8) is 0 Å². The second-order valence-corrected chi connectivity index (χ2v) is 5.51. The predicted octanol–water partition coefficient (Wildman–Crippen LogP) is 1.99. The van der Waals surface area contributed by atoms with E-state index in [1.165, 1.54) is 19.3 Å². The van der Waals surface area contributed by atoms with Gasteiger partial charge in [0.15, 0.2) is 0 Å². The van der Waals surface area contributed by atoms with Gasteiger partial charge in [0.1, 0.15) is 0 Å². The number of ether oxygens (including phenoxy) is 1. The Morgan fingerprint density at radius 2 is 1.95 bits per heavy atom. The van der Waals surface area contributed by atoms with Crippen LogP contribution in [0.15, 0.2) is 0 Å². The van der Waals surface area contributed by atoms with Crippen molar-refractivity contribution in [2.24, 2.45) is 0 Å². The SMILES string of the molecule is COCC(C)N(C)c1nc(Cl)nc(N2CCCCC2)n1. The molecule has 1 aliphatic rings. The van der Waals surface area contributed by atoms with Crippen molar-refractivity contribution in [2.75, 3.05) is 43.7 Å². The number of anilines is 2. The fourth-order valence-electron chi connectivity index (χ4n) is 2.27. The molecular formula is C13H22ClN5O. The minimum absolute atomic E-state index is 0.174. The Bertz CT molecular complexity index is 439. The molecule has 1 saturated heterocycles. The lowest BCUT2D eigenvalue weighted by Crippen LogP contribution is -2.35. The number of likely N-dealkylation sites (N-methyl/N-ethyl adjacent to an activating group) is 1. The lowest BCUT2D eigenvalue weighted by molar-refractivity contribution is 0.183. The first-order chi connectivity index (χ1) is 9.61. The van der Waals surface area contributed by atoms with Gasteiger partial charge in [-0.25, -0.2) is 0 Å². The highest BCUT2D eigenvalue weighted by Gasteiger charge is 2.19. The zero-order valence-corrected chi connectivity index (χ0v) is 13.1. The van der Waals surface area contributed by atoms with E-state index in [1.807, 2.05) is 11.9 Å². The smallest absolute Gasteiger partial charge is 0.231 e. The number of piperidine rings is 1. The molecule has 0 spiro atoms. The van der Waals surface area contributed by atoms with Crippen molar-refractivity contribution in [1.82, 2.24) is 15.0 Å². The molecule has 0 radical (unpaired) electrons. The predicted molar refractivity (Wildman–Crippen MR) is 80.6 cm³/mol. The minimum atomic E-state index is 0.174. The van der Waals surface area contributed by atoms with Crippen LogP contribution in [-0.2, 0) is 4.74 Å². The van der Waals surface area contributed by atoms with Crippen LogP contribution in [0, 0.1) is 0 Å². The number of rotatable bonds is 5. The monoisotopic (exact) mass is 299 g/mol. The zero-order valence-electron chi connectivity index (χ0n) is 12.3. The summed E-state index contributed by atoms with van der Waals surface area (Å²) in [6, 6.07) is 0.174. The maximum atomic E-state index is 6.05. The van der Waals surface area contributed by atoms with Crippen molar-refractivity contribution in [2.45, 2.75) is 32.2 Å². The summed E-state index contributed by atoms with van der Waals surface area (Å²) in [6.45, 7) is 4.63. The van der Waals surface area contributed by atoms with Gasteiger partial charge in [-0.05, 0) is 37.8 Å². The number of halogens is 1. The summed E-state index contributed by atoms with van der Waals surface area (Å²) >= 11 is 6.05. The standard InChI is InChI=1S/C13H22ClN5O/c1-10(9-20-3)18(2)12-15-11(14)16-13(17-12)19-7-5-4-6-8-19/h10H,4-9H2,1-3H3. The third-order valence-corrected chi connectivity index (χ3v) is 3.78. The number of nitrogens with zero attached hydrogens (tertiary/aromatic N) is 5. The lowest BCUT2D eigenvalue weighted by Gasteiger charge is -2.28. The van der Waals surface area contributed by atoms with Gasteiger partial charge in [0.05, 0.1) is 12.6 Å². The fourth-order valence-corrected chi connectivity index (χ4v) is 2.42. The molecule has 6 nitrogen and oxygen atoms in total. The number of hydrogen-bond acceptors (Lipinski definition) is 6. The highest BCUT2D eigenvalue weighted by atomic mass is 35.5. The molecule has 0 aromatic carbocycles. The van der Waals surface area contributed by atoms with Gasteiger partial charge < -0.3 is 14.5 Å². The van der Waals surface area contributed by atoms with E-state index in [1.54, 1.807) is 7.11 Å². The molecule has 20 heavy (non-hydrogen) atoms. The van der Waals surface area contributed by atoms with E-state index in [0.717, 1.165) is 13.1 Å². The zero-order chi connectivity index (χ0) is 14.5. The van der Waals surface area contributed by atoms with Crippen LogP contribution in [0.25, 0.3) is 0 Å². The Labute approximate surface area is 125 Å². The van der Waals surface area contributed by atoms with E-state index in [0.29, 0.717) is 18.5 Å². The summed E-state index contributed by atoms with van der Waals surface area (Å²) < 4.78 is 5.17. The van der Waals surface area contributed by atoms with Crippen LogP contribution in [0.2, 0.25) is 5.28 Å². The van der Waals surface area contributed by atoms with Gasteiger partial charge in [-0.15, -0.1) is 0 Å². The second kappa shape index (κ2) is 7.04. The molecule has 0 N–H and O–H groups in total. The van der Waals surface area contributed by atoms with Gasteiger partial charge >= 0.3 is 0 Å². The molecule has 1 atom stereocenters. The molecule has 7 heteroatoms. The molecule has 1 aliphatic heterocycles. The summed E-state index contributed by atoms with van der Waals surface area (Å²) in [5.74, 6) is 1.27. The van der Waals surface area contributed by atoms with E-state index in [9.17, 15) is 0 Å². The minimum Gasteiger partial charge on any atom is -0.383 e. The van der Waals surface area contributed by atoms with Crippen molar-refractivity contribution < 1.29 is 4.74 Å². The topological polar surface area (TPSA) is 54.4 Å². The number of aromatic nitrogens is 3. The van der Waals surface area contributed by atoms with Crippen LogP contribution in [0.1, 0.15) is 26.2 Å². The summed E-state index contributed by atoms with van der Waals surface area (Å²) in [6.07, 6.45) is 3.62. The average molecular weight is 300 g/mol. The number of methoxy groups -OCH3 is 1. The van der Waals surface area contributed by atoms with Gasteiger partial charge in [-0.3, -0.25) is 0 Å². The molecule has 0 amide bonds. The Hall–Kier alpha value is -1.14. The van der Waals surface area contributed by atoms with E-state index >= 15 is 0 Å². The van der Waals surface area contributed by atoms with Crippen LogP contribution in [0.3, 0.4) is 0 Å². The third-order valence-electron chi connectivity index (χ3n) is 3.61. The van der Waals surface area contributed by atoms with E-state index in [-0.39, 0.29) is 11.3 Å². The maximum absolute atomic E-state index is 6.05. The van der Waals surface area contributed by atoms with Crippen molar-refractivity contribution in [3.05, 3.63) is 5.28 Å². The van der Waals surface area contributed by atoms with Gasteiger partial charge in [0.25, 0.3) is 0 Å². The molecule has 2 heterocycles. The summed E-state index contributed by atoms with van der Waals surface area (Å²) in [4.78, 5) is 17.2. The Morgan fingerprint density at radius 3 is 2.60 bits per heavy atom. The molecule has 2 rings (SSSR count). The summed E-state index contributed by atoms with van der Waals surface area (Å²) in [7, 11) is 3.62. The van der Waals surface area contributed by atoms with Gasteiger partial charge in [0, 0.05) is 27.2 Å². The van der Waals surface area contributed by atoms with E-state index < -0.39 is 0 Å². The molecule has 1 aromatic rings. The van der Waals surface area contributed by atoms with E-state index in [2.05, 4.69) is 26.8 Å². The first kappa shape index (κ1) is 15.3. The maximum Gasteiger partial charge on any atom is 0.231 e. The van der Waals surface area contributed by atoms with Crippen molar-refractivity contribution >= 4 is 23.5 Å². The molecule has 0 aliphatic carbocycles. The Morgan fingerprint density at radius 1 is 1.25 bits per heavy atom. The highest BCUT2D eigenvalue weighted by molar-refractivity contribution is 6.28. The quantitative estimate of drug-likeness (QED) is 0.829. The number of hydrogen-bond donors (Lipinski definition) is 0. The first-order valence-electron chi connectivity index (χ1n) is 7.00. The second-order valence-electron chi connectivity index (χ2n) is 5.17. The average Bonchev–Trinajstić information content (AvgIpc) is 2.47. The van der Waals surface area contributed by atoms with Gasteiger partial charge in [0.2, 0.25) is 17.2 Å². The van der Waals surface area contributed by atoms with Crippen LogP contribution >= 0.6 is 11.6 Å². The largest absolute Gasteiger partial charge is 0.383 e. The molecule has 0 saturated carbocycles. The van der Waals surface area contributed by atoms with Crippen LogP contribution < -0.4 is 9.80 Å². The molecule has 1 unspecified atom stereocenters. The summed E-state index contributed by atoms with van der Waals surface area (Å²) in [5, 5.41) is 0.243. The molecule has 1 fully saturated rings. The fraction of sp³-hybridized carbons (Fsp3) is 0.769. The van der Waals surface area contributed by atoms with Crippen molar-refractivity contribution in [3.8, 4) is 0 Å². The lowest BCUT2D eigenvalue weighted by atomic mass is 10.1. The van der Waals surface area contributed by atoms with Gasteiger partial charge in [-0.2, -0.15) is 15.0 Å². The van der Waals surface area contributed by atoms with Crippen LogP contribution in [0.4, 0.5) is 11.9 Å².